The summed E-state index contributed by atoms with van der Waals surface area (Å²) in [6.45, 7) is 0.294. The second kappa shape index (κ2) is 7.46. The van der Waals surface area contributed by atoms with Gasteiger partial charge in [-0.15, -0.1) is 0 Å². The maximum atomic E-state index is 11.6. The van der Waals surface area contributed by atoms with Crippen LogP contribution in [0, 0.1) is 3.57 Å². The second-order valence-corrected chi connectivity index (χ2v) is 4.38. The zero-order valence-electron chi connectivity index (χ0n) is 9.70. The van der Waals surface area contributed by atoms with Crippen molar-refractivity contribution in [2.24, 2.45) is 0 Å². The Labute approximate surface area is 114 Å². The van der Waals surface area contributed by atoms with Gasteiger partial charge in [0, 0.05) is 17.8 Å². The third-order valence-electron chi connectivity index (χ3n) is 2.08. The fraction of sp³-hybridized carbons (Fsp3) is 0.364. The second-order valence-electron chi connectivity index (χ2n) is 3.22. The van der Waals surface area contributed by atoms with E-state index >= 15 is 0 Å². The van der Waals surface area contributed by atoms with Crippen molar-refractivity contribution in [3.8, 4) is 0 Å². The van der Waals surface area contributed by atoms with Gasteiger partial charge in [0.25, 0.3) is 0 Å². The summed E-state index contributed by atoms with van der Waals surface area (Å²) in [6, 6.07) is 7.25. The van der Waals surface area contributed by atoms with Crippen LogP contribution in [-0.2, 0) is 9.47 Å². The van der Waals surface area contributed by atoms with E-state index in [1.54, 1.807) is 0 Å². The van der Waals surface area contributed by atoms with E-state index < -0.39 is 6.29 Å². The van der Waals surface area contributed by atoms with E-state index in [0.717, 1.165) is 9.26 Å². The van der Waals surface area contributed by atoms with E-state index in [1.807, 2.05) is 24.3 Å². The maximum absolute atomic E-state index is 11.6. The molecule has 1 rings (SSSR count). The maximum Gasteiger partial charge on any atom is 0.319 e. The average molecular weight is 350 g/mol. The minimum absolute atomic E-state index is 0.284. The summed E-state index contributed by atoms with van der Waals surface area (Å²) in [4.78, 5) is 11.6. The number of rotatable bonds is 5. The highest BCUT2D eigenvalue weighted by atomic mass is 127. The molecule has 5 nitrogen and oxygen atoms in total. The molecule has 1 aromatic rings. The minimum Gasteiger partial charge on any atom is -0.354 e. The lowest BCUT2D eigenvalue weighted by Crippen LogP contribution is -2.36. The van der Waals surface area contributed by atoms with E-state index in [4.69, 9.17) is 9.47 Å². The standard InChI is InChI=1S/C11H15IN2O3/c1-16-10(17-2)7-13-11(15)14-9-6-4-3-5-8(9)12/h3-6,10H,7H2,1-2H3,(H2,13,14,15). The van der Waals surface area contributed by atoms with Crippen molar-refractivity contribution in [3.05, 3.63) is 27.8 Å². The summed E-state index contributed by atoms with van der Waals surface area (Å²) >= 11 is 2.16. The van der Waals surface area contributed by atoms with Gasteiger partial charge in [-0.3, -0.25) is 0 Å². The van der Waals surface area contributed by atoms with Crippen molar-refractivity contribution < 1.29 is 14.3 Å². The molecule has 6 heteroatoms. The van der Waals surface area contributed by atoms with Gasteiger partial charge in [0.05, 0.1) is 12.2 Å². The number of benzene rings is 1. The van der Waals surface area contributed by atoms with Crippen molar-refractivity contribution in [3.63, 3.8) is 0 Å². The monoisotopic (exact) mass is 350 g/mol. The van der Waals surface area contributed by atoms with Gasteiger partial charge in [-0.1, -0.05) is 12.1 Å². The van der Waals surface area contributed by atoms with Gasteiger partial charge in [0.15, 0.2) is 6.29 Å². The molecule has 2 N–H and O–H groups in total. The molecule has 0 aliphatic carbocycles. The van der Waals surface area contributed by atoms with Crippen LogP contribution in [0.25, 0.3) is 0 Å². The fourth-order valence-electron chi connectivity index (χ4n) is 1.17. The molecule has 0 bridgehead atoms. The van der Waals surface area contributed by atoms with Gasteiger partial charge in [-0.25, -0.2) is 4.79 Å². The topological polar surface area (TPSA) is 59.6 Å². The van der Waals surface area contributed by atoms with Crippen LogP contribution in [0.3, 0.4) is 0 Å². The summed E-state index contributed by atoms with van der Waals surface area (Å²) in [6.07, 6.45) is -0.435. The molecule has 0 fully saturated rings. The molecule has 17 heavy (non-hydrogen) atoms. The van der Waals surface area contributed by atoms with E-state index in [1.165, 1.54) is 14.2 Å². The lowest BCUT2D eigenvalue weighted by molar-refractivity contribution is -0.0970. The normalized spacial score (nSPS) is 10.4. The Balaban J connectivity index is 2.42. The number of nitrogens with one attached hydrogen (secondary N) is 2. The molecule has 1 aromatic carbocycles. The number of hydrogen-bond donors (Lipinski definition) is 2. The van der Waals surface area contributed by atoms with Crippen LogP contribution >= 0.6 is 22.6 Å². The molecular formula is C11H15IN2O3. The Morgan fingerprint density at radius 2 is 2.00 bits per heavy atom. The Morgan fingerprint density at radius 1 is 1.35 bits per heavy atom. The van der Waals surface area contributed by atoms with E-state index in [9.17, 15) is 4.79 Å². The zero-order valence-corrected chi connectivity index (χ0v) is 11.9. The molecule has 0 spiro atoms. The minimum atomic E-state index is -0.435. The predicted molar refractivity (Wildman–Crippen MR) is 74.0 cm³/mol. The van der Waals surface area contributed by atoms with Gasteiger partial charge >= 0.3 is 6.03 Å². The van der Waals surface area contributed by atoms with Crippen molar-refractivity contribution in [2.45, 2.75) is 6.29 Å². The summed E-state index contributed by atoms with van der Waals surface area (Å²) in [7, 11) is 3.04. The van der Waals surface area contributed by atoms with Crippen LogP contribution in [0.15, 0.2) is 24.3 Å². The number of urea groups is 1. The number of hydrogen-bond acceptors (Lipinski definition) is 3. The third-order valence-corrected chi connectivity index (χ3v) is 3.02. The Hall–Kier alpha value is -0.860. The van der Waals surface area contributed by atoms with Crippen LogP contribution in [0.5, 0.6) is 0 Å². The molecule has 94 valence electrons. The highest BCUT2D eigenvalue weighted by Gasteiger charge is 2.08. The molecule has 0 radical (unpaired) electrons. The number of para-hydroxylation sites is 1. The highest BCUT2D eigenvalue weighted by molar-refractivity contribution is 14.1. The first-order valence-electron chi connectivity index (χ1n) is 5.02. The van der Waals surface area contributed by atoms with Crippen molar-refractivity contribution >= 4 is 34.3 Å². The lowest BCUT2D eigenvalue weighted by atomic mass is 10.3. The number of carbonyl (C=O) groups is 1. The number of anilines is 1. The molecular weight excluding hydrogens is 335 g/mol. The number of amides is 2. The molecule has 0 saturated heterocycles. The first kappa shape index (κ1) is 14.2. The smallest absolute Gasteiger partial charge is 0.319 e. The predicted octanol–water partition coefficient (Wildman–Crippen LogP) is 2.03. The molecule has 2 amide bonds. The van der Waals surface area contributed by atoms with Gasteiger partial charge in [-0.05, 0) is 34.7 Å². The van der Waals surface area contributed by atoms with Gasteiger partial charge in [0.2, 0.25) is 0 Å². The van der Waals surface area contributed by atoms with Crippen molar-refractivity contribution in [2.75, 3.05) is 26.1 Å². The number of halogens is 1. The van der Waals surface area contributed by atoms with Gasteiger partial charge < -0.3 is 20.1 Å². The van der Waals surface area contributed by atoms with E-state index in [2.05, 4.69) is 33.2 Å². The Morgan fingerprint density at radius 3 is 2.59 bits per heavy atom. The van der Waals surface area contributed by atoms with Crippen LogP contribution in [0.4, 0.5) is 10.5 Å². The Bertz CT molecular complexity index is 369. The van der Waals surface area contributed by atoms with Crippen LogP contribution in [0.2, 0.25) is 0 Å². The SMILES string of the molecule is COC(CNC(=O)Nc1ccccc1I)OC. The molecule has 0 heterocycles. The summed E-state index contributed by atoms with van der Waals surface area (Å²) in [5.41, 5.74) is 0.775. The fourth-order valence-corrected chi connectivity index (χ4v) is 1.69. The van der Waals surface area contributed by atoms with Crippen molar-refractivity contribution in [1.29, 1.82) is 0 Å². The number of methoxy groups -OCH3 is 2. The van der Waals surface area contributed by atoms with Crippen LogP contribution in [-0.4, -0.2) is 33.1 Å². The van der Waals surface area contributed by atoms with Gasteiger partial charge in [-0.2, -0.15) is 0 Å². The number of carbonyl (C=O) groups excluding carboxylic acids is 1. The highest BCUT2D eigenvalue weighted by Crippen LogP contribution is 2.16. The first-order chi connectivity index (χ1) is 8.17. The van der Waals surface area contributed by atoms with Crippen LogP contribution < -0.4 is 10.6 Å². The Kier molecular flexibility index (Phi) is 6.23. The zero-order chi connectivity index (χ0) is 12.7. The van der Waals surface area contributed by atoms with E-state index in [-0.39, 0.29) is 6.03 Å². The first-order valence-corrected chi connectivity index (χ1v) is 6.10. The van der Waals surface area contributed by atoms with Gasteiger partial charge in [0.1, 0.15) is 0 Å². The molecule has 0 unspecified atom stereocenters. The number of ether oxygens (including phenoxy) is 2. The molecule has 0 aromatic heterocycles. The summed E-state index contributed by atoms with van der Waals surface area (Å²) in [5.74, 6) is 0. The quantitative estimate of drug-likeness (QED) is 0.631. The molecule has 0 atom stereocenters. The molecule has 0 aliphatic rings. The largest absolute Gasteiger partial charge is 0.354 e. The van der Waals surface area contributed by atoms with Crippen molar-refractivity contribution in [1.82, 2.24) is 5.32 Å². The lowest BCUT2D eigenvalue weighted by Gasteiger charge is -2.14. The summed E-state index contributed by atoms with van der Waals surface area (Å²) in [5, 5.41) is 5.40. The average Bonchev–Trinajstić information content (AvgIpc) is 2.33. The molecule has 0 saturated carbocycles. The summed E-state index contributed by atoms with van der Waals surface area (Å²) < 4.78 is 10.9. The molecule has 0 aliphatic heterocycles. The van der Waals surface area contributed by atoms with E-state index in [0.29, 0.717) is 6.54 Å². The third kappa shape index (κ3) is 4.88. The van der Waals surface area contributed by atoms with Crippen LogP contribution in [0.1, 0.15) is 0 Å².